The summed E-state index contributed by atoms with van der Waals surface area (Å²) in [7, 11) is 1.66. The Hall–Kier alpha value is -1.04. The molecule has 0 aliphatic carbocycles. The van der Waals surface area contributed by atoms with Crippen molar-refractivity contribution in [3.05, 3.63) is 28.2 Å². The normalized spacial score (nSPS) is 11.8. The molecule has 1 aromatic rings. The topological polar surface area (TPSA) is 58.4 Å². The van der Waals surface area contributed by atoms with Crippen molar-refractivity contribution >= 4 is 52.1 Å². The van der Waals surface area contributed by atoms with Crippen LogP contribution in [0.5, 0.6) is 0 Å². The van der Waals surface area contributed by atoms with E-state index in [9.17, 15) is 4.79 Å². The molecule has 0 bridgehead atoms. The molecule has 4 nitrogen and oxygen atoms in total. The summed E-state index contributed by atoms with van der Waals surface area (Å²) < 4.78 is 0. The van der Waals surface area contributed by atoms with Gasteiger partial charge in [0.25, 0.3) is 0 Å². The number of thiocarbonyl (C=S) groups is 1. The van der Waals surface area contributed by atoms with Crippen molar-refractivity contribution < 1.29 is 4.79 Å². The van der Waals surface area contributed by atoms with E-state index in [0.717, 1.165) is 0 Å². The fraction of sp³-hybridized carbons (Fsp3) is 0.333. The molecule has 19 heavy (non-hydrogen) atoms. The minimum Gasteiger partial charge on any atom is -0.393 e. The Morgan fingerprint density at radius 1 is 1.53 bits per heavy atom. The van der Waals surface area contributed by atoms with Gasteiger partial charge in [-0.3, -0.25) is 0 Å². The van der Waals surface area contributed by atoms with Gasteiger partial charge in [0.1, 0.15) is 0 Å². The molecule has 3 N–H and O–H groups in total. The molecule has 0 saturated heterocycles. The van der Waals surface area contributed by atoms with Gasteiger partial charge in [-0.05, 0) is 18.2 Å². The highest BCUT2D eigenvalue weighted by Gasteiger charge is 2.15. The summed E-state index contributed by atoms with van der Waals surface area (Å²) in [5.41, 5.74) is 5.98. The number of halogens is 2. The highest BCUT2D eigenvalue weighted by molar-refractivity contribution is 7.80. The maximum absolute atomic E-state index is 12.0. The molecule has 1 rings (SSSR count). The first-order chi connectivity index (χ1) is 8.81. The Morgan fingerprint density at radius 3 is 2.74 bits per heavy atom. The lowest BCUT2D eigenvalue weighted by atomic mass is 10.2. The van der Waals surface area contributed by atoms with E-state index in [-0.39, 0.29) is 11.9 Å². The molecule has 1 aromatic carbocycles. The zero-order chi connectivity index (χ0) is 14.6. The first kappa shape index (κ1) is 16.0. The Bertz CT molecular complexity index is 496. The second-order valence-corrected chi connectivity index (χ2v) is 5.55. The zero-order valence-electron chi connectivity index (χ0n) is 10.6. The van der Waals surface area contributed by atoms with E-state index in [0.29, 0.717) is 27.3 Å². The first-order valence-corrected chi connectivity index (χ1v) is 6.74. The fourth-order valence-corrected chi connectivity index (χ4v) is 1.80. The van der Waals surface area contributed by atoms with E-state index < -0.39 is 0 Å². The summed E-state index contributed by atoms with van der Waals surface area (Å²) in [4.78, 5) is 13.8. The molecule has 0 spiro atoms. The molecule has 0 heterocycles. The quantitative estimate of drug-likeness (QED) is 0.836. The summed E-state index contributed by atoms with van der Waals surface area (Å²) in [6.07, 6.45) is 0. The summed E-state index contributed by atoms with van der Waals surface area (Å²) in [5.74, 6) is -0.0550. The average Bonchev–Trinajstić information content (AvgIpc) is 2.33. The van der Waals surface area contributed by atoms with Crippen LogP contribution in [0, 0.1) is 5.92 Å². The van der Waals surface area contributed by atoms with Gasteiger partial charge in [-0.15, -0.1) is 0 Å². The molecule has 1 unspecified atom stereocenters. The average molecular weight is 320 g/mol. The maximum atomic E-state index is 12.0. The Balaban J connectivity index is 2.68. The lowest BCUT2D eigenvalue weighted by molar-refractivity contribution is 0.220. The number of carbonyl (C=O) groups excluding carboxylic acids is 1. The van der Waals surface area contributed by atoms with Gasteiger partial charge in [0.2, 0.25) is 0 Å². The fourth-order valence-electron chi connectivity index (χ4n) is 1.39. The van der Waals surface area contributed by atoms with Crippen LogP contribution in [-0.2, 0) is 0 Å². The van der Waals surface area contributed by atoms with Gasteiger partial charge < -0.3 is 16.0 Å². The summed E-state index contributed by atoms with van der Waals surface area (Å²) in [6.45, 7) is 2.29. The van der Waals surface area contributed by atoms with Crippen molar-refractivity contribution in [1.29, 1.82) is 0 Å². The number of rotatable bonds is 4. The molecule has 0 radical (unpaired) electrons. The highest BCUT2D eigenvalue weighted by Crippen LogP contribution is 2.25. The molecule has 1 atom stereocenters. The third kappa shape index (κ3) is 4.86. The summed E-state index contributed by atoms with van der Waals surface area (Å²) in [5, 5.41) is 3.61. The van der Waals surface area contributed by atoms with Crippen LogP contribution in [0.2, 0.25) is 10.0 Å². The maximum Gasteiger partial charge on any atom is 0.321 e. The van der Waals surface area contributed by atoms with Crippen LogP contribution >= 0.6 is 35.4 Å². The van der Waals surface area contributed by atoms with Crippen LogP contribution in [0.25, 0.3) is 0 Å². The molecular weight excluding hydrogens is 305 g/mol. The molecule has 7 heteroatoms. The second kappa shape index (κ2) is 6.93. The van der Waals surface area contributed by atoms with Crippen molar-refractivity contribution in [2.75, 3.05) is 18.9 Å². The van der Waals surface area contributed by atoms with E-state index in [1.165, 1.54) is 4.90 Å². The minimum absolute atomic E-state index is 0.0550. The molecule has 0 aliphatic heterocycles. The number of benzene rings is 1. The SMILES string of the molecule is CC(CN(C)C(=O)Nc1cc(Cl)ccc1Cl)C(N)=S. The van der Waals surface area contributed by atoms with Crippen LogP contribution in [0.3, 0.4) is 0 Å². The van der Waals surface area contributed by atoms with E-state index in [1.807, 2.05) is 6.92 Å². The Morgan fingerprint density at radius 2 is 2.16 bits per heavy atom. The first-order valence-electron chi connectivity index (χ1n) is 5.57. The lowest BCUT2D eigenvalue weighted by Crippen LogP contribution is -2.38. The molecular formula is C12H15Cl2N3OS. The predicted octanol–water partition coefficient (Wildman–Crippen LogP) is 3.38. The smallest absolute Gasteiger partial charge is 0.321 e. The van der Waals surface area contributed by atoms with Crippen molar-refractivity contribution in [3.8, 4) is 0 Å². The molecule has 0 aliphatic rings. The van der Waals surface area contributed by atoms with Gasteiger partial charge in [-0.25, -0.2) is 4.79 Å². The number of urea groups is 1. The van der Waals surface area contributed by atoms with Crippen LogP contribution in [0.4, 0.5) is 10.5 Å². The van der Waals surface area contributed by atoms with E-state index in [1.54, 1.807) is 25.2 Å². The van der Waals surface area contributed by atoms with Crippen LogP contribution in [0.15, 0.2) is 18.2 Å². The van der Waals surface area contributed by atoms with Gasteiger partial charge in [-0.2, -0.15) is 0 Å². The third-order valence-electron chi connectivity index (χ3n) is 2.55. The second-order valence-electron chi connectivity index (χ2n) is 4.24. The summed E-state index contributed by atoms with van der Waals surface area (Å²) in [6, 6.07) is 4.56. The predicted molar refractivity (Wildman–Crippen MR) is 84.1 cm³/mol. The largest absolute Gasteiger partial charge is 0.393 e. The standard InChI is InChI=1S/C12H15Cl2N3OS/c1-7(11(15)19)6-17(2)12(18)16-10-5-8(13)3-4-9(10)14/h3-5,7H,6H2,1-2H3,(H2,15,19)(H,16,18). The molecule has 2 amide bonds. The van der Waals surface area contributed by atoms with E-state index in [4.69, 9.17) is 41.2 Å². The Kier molecular flexibility index (Phi) is 5.85. The van der Waals surface area contributed by atoms with Gasteiger partial charge in [0, 0.05) is 24.5 Å². The van der Waals surface area contributed by atoms with Gasteiger partial charge in [-0.1, -0.05) is 42.3 Å². The number of anilines is 1. The van der Waals surface area contributed by atoms with Crippen molar-refractivity contribution in [3.63, 3.8) is 0 Å². The number of hydrogen-bond donors (Lipinski definition) is 2. The number of nitrogens with two attached hydrogens (primary N) is 1. The highest BCUT2D eigenvalue weighted by atomic mass is 35.5. The number of carbonyl (C=O) groups is 1. The van der Waals surface area contributed by atoms with Gasteiger partial charge >= 0.3 is 6.03 Å². The minimum atomic E-state index is -0.299. The number of hydrogen-bond acceptors (Lipinski definition) is 2. The third-order valence-corrected chi connectivity index (χ3v) is 3.52. The van der Waals surface area contributed by atoms with Crippen LogP contribution < -0.4 is 11.1 Å². The van der Waals surface area contributed by atoms with Crippen LogP contribution in [-0.4, -0.2) is 29.5 Å². The number of nitrogens with zero attached hydrogens (tertiary/aromatic N) is 1. The van der Waals surface area contributed by atoms with Gasteiger partial charge in [0.15, 0.2) is 0 Å². The molecule has 0 aromatic heterocycles. The number of nitrogens with one attached hydrogen (secondary N) is 1. The molecule has 0 fully saturated rings. The van der Waals surface area contributed by atoms with E-state index in [2.05, 4.69) is 5.32 Å². The van der Waals surface area contributed by atoms with Crippen molar-refractivity contribution in [2.45, 2.75) is 6.92 Å². The monoisotopic (exact) mass is 319 g/mol. The Labute approximate surface area is 127 Å². The van der Waals surface area contributed by atoms with Crippen molar-refractivity contribution in [2.24, 2.45) is 11.7 Å². The molecule has 0 saturated carbocycles. The van der Waals surface area contributed by atoms with Crippen molar-refractivity contribution in [1.82, 2.24) is 4.90 Å². The molecule has 104 valence electrons. The van der Waals surface area contributed by atoms with Crippen LogP contribution in [0.1, 0.15) is 6.92 Å². The summed E-state index contributed by atoms with van der Waals surface area (Å²) >= 11 is 16.7. The number of amides is 2. The lowest BCUT2D eigenvalue weighted by Gasteiger charge is -2.21. The van der Waals surface area contributed by atoms with Gasteiger partial charge in [0.05, 0.1) is 15.7 Å². The van der Waals surface area contributed by atoms with E-state index >= 15 is 0 Å². The zero-order valence-corrected chi connectivity index (χ0v) is 12.9.